The number of carbonyl (C=O) groups excluding carboxylic acids is 3. The van der Waals surface area contributed by atoms with Crippen molar-refractivity contribution in [3.05, 3.63) is 29.8 Å². The second-order valence-corrected chi connectivity index (χ2v) is 7.31. The van der Waals surface area contributed by atoms with Gasteiger partial charge in [-0.3, -0.25) is 14.4 Å². The number of hydrogen-bond acceptors (Lipinski definition) is 5. The molecule has 1 aliphatic carbocycles. The van der Waals surface area contributed by atoms with Crippen molar-refractivity contribution in [2.45, 2.75) is 59.3 Å². The normalized spacial score (nSPS) is 16.0. The van der Waals surface area contributed by atoms with Gasteiger partial charge in [0, 0.05) is 22.9 Å². The fraction of sp³-hybridized carbons (Fsp3) is 0.545. The van der Waals surface area contributed by atoms with Gasteiger partial charge >= 0.3 is 5.97 Å². The molecule has 7 heteroatoms. The van der Waals surface area contributed by atoms with Gasteiger partial charge in [0.05, 0.1) is 12.5 Å². The Kier molecular flexibility index (Phi) is 8.83. The first-order chi connectivity index (χ1) is 14.0. The van der Waals surface area contributed by atoms with Crippen LogP contribution in [-0.2, 0) is 14.3 Å². The molecule has 1 atom stereocenters. The van der Waals surface area contributed by atoms with E-state index in [4.69, 9.17) is 4.74 Å². The number of benzene rings is 1. The van der Waals surface area contributed by atoms with Crippen molar-refractivity contribution in [3.8, 4) is 0 Å². The van der Waals surface area contributed by atoms with Crippen molar-refractivity contribution in [2.75, 3.05) is 11.9 Å². The number of rotatable bonds is 8. The van der Waals surface area contributed by atoms with Gasteiger partial charge in [0.15, 0.2) is 0 Å². The monoisotopic (exact) mass is 401 g/mol. The van der Waals surface area contributed by atoms with Gasteiger partial charge in [-0.2, -0.15) is 5.10 Å². The maximum absolute atomic E-state index is 12.3. The standard InChI is InChI=1S/C22H31N3O4/c1-4-19(22(28)29-5-2)15(3)24-25-21(27)17-11-13-18(14-12-17)23-20(26)16-9-7-6-8-10-16/h11-14,16,19H,4-10H2,1-3H3,(H,23,26)(H,25,27)/b24-15+. The fourth-order valence-corrected chi connectivity index (χ4v) is 3.47. The van der Waals surface area contributed by atoms with Crippen molar-refractivity contribution in [1.82, 2.24) is 5.43 Å². The van der Waals surface area contributed by atoms with Crippen LogP contribution in [0.15, 0.2) is 29.4 Å². The lowest BCUT2D eigenvalue weighted by Gasteiger charge is -2.20. The van der Waals surface area contributed by atoms with Crippen molar-refractivity contribution in [1.29, 1.82) is 0 Å². The molecule has 2 rings (SSSR count). The van der Waals surface area contributed by atoms with Gasteiger partial charge < -0.3 is 10.1 Å². The van der Waals surface area contributed by atoms with Gasteiger partial charge in [0.25, 0.3) is 5.91 Å². The molecule has 1 aromatic carbocycles. The van der Waals surface area contributed by atoms with Crippen LogP contribution in [-0.4, -0.2) is 30.1 Å². The van der Waals surface area contributed by atoms with E-state index in [1.54, 1.807) is 38.1 Å². The third-order valence-corrected chi connectivity index (χ3v) is 5.21. The second-order valence-electron chi connectivity index (χ2n) is 7.31. The Morgan fingerprint density at radius 2 is 1.76 bits per heavy atom. The lowest BCUT2D eigenvalue weighted by molar-refractivity contribution is -0.145. The molecular weight excluding hydrogens is 370 g/mol. The van der Waals surface area contributed by atoms with Crippen LogP contribution in [0.2, 0.25) is 0 Å². The lowest BCUT2D eigenvalue weighted by atomic mass is 9.88. The Balaban J connectivity index is 1.92. The first-order valence-corrected chi connectivity index (χ1v) is 10.4. The molecule has 0 radical (unpaired) electrons. The third-order valence-electron chi connectivity index (χ3n) is 5.21. The lowest BCUT2D eigenvalue weighted by Crippen LogP contribution is -2.27. The summed E-state index contributed by atoms with van der Waals surface area (Å²) in [4.78, 5) is 36.5. The molecule has 0 aliphatic heterocycles. The van der Waals surface area contributed by atoms with Crippen LogP contribution < -0.4 is 10.7 Å². The minimum atomic E-state index is -0.479. The van der Waals surface area contributed by atoms with Gasteiger partial charge in [-0.15, -0.1) is 0 Å². The number of anilines is 1. The Morgan fingerprint density at radius 1 is 1.10 bits per heavy atom. The maximum atomic E-state index is 12.3. The minimum Gasteiger partial charge on any atom is -0.465 e. The average Bonchev–Trinajstić information content (AvgIpc) is 2.74. The molecule has 1 unspecified atom stereocenters. The summed E-state index contributed by atoms with van der Waals surface area (Å²) in [6.45, 7) is 5.61. The zero-order valence-electron chi connectivity index (χ0n) is 17.5. The summed E-state index contributed by atoms with van der Waals surface area (Å²) in [5.74, 6) is -1.08. The van der Waals surface area contributed by atoms with Crippen LogP contribution >= 0.6 is 0 Å². The molecule has 158 valence electrons. The van der Waals surface area contributed by atoms with Crippen LogP contribution in [0.25, 0.3) is 0 Å². The number of ether oxygens (including phenoxy) is 1. The van der Waals surface area contributed by atoms with Gasteiger partial charge in [-0.1, -0.05) is 26.2 Å². The van der Waals surface area contributed by atoms with Crippen LogP contribution in [0.3, 0.4) is 0 Å². The van der Waals surface area contributed by atoms with E-state index in [9.17, 15) is 14.4 Å². The molecule has 0 saturated heterocycles. The second kappa shape index (κ2) is 11.3. The van der Waals surface area contributed by atoms with Crippen molar-refractivity contribution in [3.63, 3.8) is 0 Å². The Bertz CT molecular complexity index is 737. The number of amides is 2. The molecular formula is C22H31N3O4. The summed E-state index contributed by atoms with van der Waals surface area (Å²) in [6, 6.07) is 6.69. The van der Waals surface area contributed by atoms with Gasteiger partial charge in [-0.25, -0.2) is 5.43 Å². The largest absolute Gasteiger partial charge is 0.465 e. The molecule has 0 aromatic heterocycles. The summed E-state index contributed by atoms with van der Waals surface area (Å²) < 4.78 is 5.03. The van der Waals surface area contributed by atoms with E-state index in [1.165, 1.54) is 6.42 Å². The SMILES string of the molecule is CCOC(=O)C(CC)/C(C)=N/NC(=O)c1ccc(NC(=O)C2CCCCC2)cc1. The first kappa shape index (κ1) is 22.6. The zero-order valence-corrected chi connectivity index (χ0v) is 17.5. The molecule has 1 saturated carbocycles. The van der Waals surface area contributed by atoms with E-state index in [0.717, 1.165) is 25.7 Å². The Morgan fingerprint density at radius 3 is 2.34 bits per heavy atom. The summed E-state index contributed by atoms with van der Waals surface area (Å²) in [7, 11) is 0. The molecule has 0 spiro atoms. The van der Waals surface area contributed by atoms with Gasteiger partial charge in [0.1, 0.15) is 0 Å². The van der Waals surface area contributed by atoms with E-state index < -0.39 is 5.92 Å². The average molecular weight is 402 g/mol. The highest BCUT2D eigenvalue weighted by atomic mass is 16.5. The predicted molar refractivity (Wildman–Crippen MR) is 113 cm³/mol. The van der Waals surface area contributed by atoms with Gasteiger partial charge in [0.2, 0.25) is 5.91 Å². The van der Waals surface area contributed by atoms with Gasteiger partial charge in [-0.05, 0) is 57.4 Å². The van der Waals surface area contributed by atoms with E-state index in [-0.39, 0.29) is 23.7 Å². The number of nitrogens with zero attached hydrogens (tertiary/aromatic N) is 1. The van der Waals surface area contributed by atoms with Crippen molar-refractivity contribution in [2.24, 2.45) is 16.9 Å². The van der Waals surface area contributed by atoms with Crippen LogP contribution in [0, 0.1) is 11.8 Å². The molecule has 0 bridgehead atoms. The third kappa shape index (κ3) is 6.69. The van der Waals surface area contributed by atoms with E-state index in [1.807, 2.05) is 6.92 Å². The molecule has 29 heavy (non-hydrogen) atoms. The molecule has 7 nitrogen and oxygen atoms in total. The Labute approximate surface area is 172 Å². The summed E-state index contributed by atoms with van der Waals surface area (Å²) in [5.41, 5.74) is 4.06. The molecule has 1 fully saturated rings. The summed E-state index contributed by atoms with van der Waals surface area (Å²) in [6.07, 6.45) is 5.83. The topological polar surface area (TPSA) is 96.9 Å². The molecule has 2 N–H and O–H groups in total. The summed E-state index contributed by atoms with van der Waals surface area (Å²) >= 11 is 0. The Hall–Kier alpha value is -2.70. The zero-order chi connectivity index (χ0) is 21.2. The number of esters is 1. The fourth-order valence-electron chi connectivity index (χ4n) is 3.47. The first-order valence-electron chi connectivity index (χ1n) is 10.4. The van der Waals surface area contributed by atoms with E-state index in [0.29, 0.717) is 30.0 Å². The number of hydrazone groups is 1. The number of hydrogen-bond donors (Lipinski definition) is 2. The van der Waals surface area contributed by atoms with E-state index in [2.05, 4.69) is 15.8 Å². The van der Waals surface area contributed by atoms with Crippen LogP contribution in [0.4, 0.5) is 5.69 Å². The highest BCUT2D eigenvalue weighted by Gasteiger charge is 2.22. The molecule has 1 aliphatic rings. The highest BCUT2D eigenvalue weighted by Crippen LogP contribution is 2.25. The summed E-state index contributed by atoms with van der Waals surface area (Å²) in [5, 5.41) is 6.98. The van der Waals surface area contributed by atoms with Crippen molar-refractivity contribution >= 4 is 29.2 Å². The van der Waals surface area contributed by atoms with Crippen LogP contribution in [0.1, 0.15) is 69.7 Å². The predicted octanol–water partition coefficient (Wildman–Crippen LogP) is 3.90. The van der Waals surface area contributed by atoms with Crippen LogP contribution in [0.5, 0.6) is 0 Å². The molecule has 2 amide bonds. The smallest absolute Gasteiger partial charge is 0.314 e. The molecule has 0 heterocycles. The van der Waals surface area contributed by atoms with E-state index >= 15 is 0 Å². The minimum absolute atomic E-state index is 0.0479. The number of nitrogens with one attached hydrogen (secondary N) is 2. The number of carbonyl (C=O) groups is 3. The maximum Gasteiger partial charge on any atom is 0.314 e. The van der Waals surface area contributed by atoms with Crippen molar-refractivity contribution < 1.29 is 19.1 Å². The quantitative estimate of drug-likeness (QED) is 0.392. The highest BCUT2D eigenvalue weighted by molar-refractivity contribution is 6.02. The molecule has 1 aromatic rings.